The molecule has 3 nitrogen and oxygen atoms in total. The van der Waals surface area contributed by atoms with Crippen LogP contribution >= 0.6 is 0 Å². The standard InChI is InChI=1S/C10H21NO2/c1-13-8-4-7-11-9-10(12)5-2-3-6-10/h11-12H,2-9H2,1H3. The zero-order valence-electron chi connectivity index (χ0n) is 8.51. The molecule has 0 bridgehead atoms. The highest BCUT2D eigenvalue weighted by Gasteiger charge is 2.30. The molecule has 1 aliphatic carbocycles. The molecule has 1 fully saturated rings. The van der Waals surface area contributed by atoms with Crippen molar-refractivity contribution in [1.29, 1.82) is 0 Å². The third-order valence-corrected chi connectivity index (χ3v) is 2.69. The van der Waals surface area contributed by atoms with Crippen LogP contribution in [0.2, 0.25) is 0 Å². The molecule has 0 spiro atoms. The van der Waals surface area contributed by atoms with Crippen LogP contribution in [0.4, 0.5) is 0 Å². The van der Waals surface area contributed by atoms with E-state index in [9.17, 15) is 5.11 Å². The number of nitrogens with one attached hydrogen (secondary N) is 1. The van der Waals surface area contributed by atoms with Gasteiger partial charge in [0, 0.05) is 20.3 Å². The molecular weight excluding hydrogens is 166 g/mol. The third-order valence-electron chi connectivity index (χ3n) is 2.69. The first kappa shape index (κ1) is 11.0. The van der Waals surface area contributed by atoms with Crippen LogP contribution in [-0.2, 0) is 4.74 Å². The molecule has 0 aromatic heterocycles. The molecule has 3 heteroatoms. The molecule has 78 valence electrons. The van der Waals surface area contributed by atoms with Gasteiger partial charge >= 0.3 is 0 Å². The second-order valence-electron chi connectivity index (χ2n) is 3.95. The lowest BCUT2D eigenvalue weighted by Gasteiger charge is -2.22. The highest BCUT2D eigenvalue weighted by Crippen LogP contribution is 2.28. The minimum Gasteiger partial charge on any atom is -0.389 e. The van der Waals surface area contributed by atoms with Crippen LogP contribution in [-0.4, -0.2) is 37.5 Å². The third kappa shape index (κ3) is 4.07. The molecule has 0 aromatic carbocycles. The fraction of sp³-hybridized carbons (Fsp3) is 1.00. The predicted octanol–water partition coefficient (Wildman–Crippen LogP) is 0.918. The number of ether oxygens (including phenoxy) is 1. The number of aliphatic hydroxyl groups is 1. The molecule has 0 unspecified atom stereocenters. The largest absolute Gasteiger partial charge is 0.389 e. The van der Waals surface area contributed by atoms with Crippen LogP contribution in [0.5, 0.6) is 0 Å². The van der Waals surface area contributed by atoms with Gasteiger partial charge in [-0.25, -0.2) is 0 Å². The van der Waals surface area contributed by atoms with E-state index >= 15 is 0 Å². The normalized spacial score (nSPS) is 20.8. The molecule has 1 saturated carbocycles. The van der Waals surface area contributed by atoms with Crippen molar-refractivity contribution in [1.82, 2.24) is 5.32 Å². The summed E-state index contributed by atoms with van der Waals surface area (Å²) in [6.45, 7) is 2.48. The quantitative estimate of drug-likeness (QED) is 0.607. The molecule has 1 aliphatic rings. The second-order valence-corrected chi connectivity index (χ2v) is 3.95. The predicted molar refractivity (Wildman–Crippen MR) is 52.8 cm³/mol. The lowest BCUT2D eigenvalue weighted by atomic mass is 10.0. The van der Waals surface area contributed by atoms with Gasteiger partial charge in [0.1, 0.15) is 0 Å². The van der Waals surface area contributed by atoms with Crippen molar-refractivity contribution in [3.63, 3.8) is 0 Å². The van der Waals surface area contributed by atoms with E-state index in [0.717, 1.165) is 39.0 Å². The Morgan fingerprint density at radius 1 is 1.38 bits per heavy atom. The number of hydrogen-bond acceptors (Lipinski definition) is 3. The highest BCUT2D eigenvalue weighted by atomic mass is 16.5. The van der Waals surface area contributed by atoms with Crippen molar-refractivity contribution in [3.05, 3.63) is 0 Å². The first-order chi connectivity index (χ1) is 6.27. The Morgan fingerprint density at radius 2 is 2.08 bits per heavy atom. The van der Waals surface area contributed by atoms with E-state index in [1.54, 1.807) is 7.11 Å². The van der Waals surface area contributed by atoms with E-state index in [4.69, 9.17) is 4.74 Å². The summed E-state index contributed by atoms with van der Waals surface area (Å²) in [4.78, 5) is 0. The smallest absolute Gasteiger partial charge is 0.0771 e. The number of hydrogen-bond donors (Lipinski definition) is 2. The topological polar surface area (TPSA) is 41.5 Å². The van der Waals surface area contributed by atoms with Crippen molar-refractivity contribution < 1.29 is 9.84 Å². The Morgan fingerprint density at radius 3 is 2.69 bits per heavy atom. The van der Waals surface area contributed by atoms with E-state index in [-0.39, 0.29) is 0 Å². The molecule has 2 N–H and O–H groups in total. The fourth-order valence-electron chi connectivity index (χ4n) is 1.87. The van der Waals surface area contributed by atoms with Gasteiger partial charge in [-0.1, -0.05) is 12.8 Å². The van der Waals surface area contributed by atoms with Gasteiger partial charge < -0.3 is 15.2 Å². The molecule has 1 rings (SSSR count). The summed E-state index contributed by atoms with van der Waals surface area (Å²) < 4.78 is 4.94. The molecule has 0 amide bonds. The first-order valence-electron chi connectivity index (χ1n) is 5.19. The van der Waals surface area contributed by atoms with Crippen LogP contribution in [0.25, 0.3) is 0 Å². The maximum absolute atomic E-state index is 9.95. The lowest BCUT2D eigenvalue weighted by Crippen LogP contribution is -2.38. The summed E-state index contributed by atoms with van der Waals surface area (Å²) in [5, 5.41) is 13.2. The average molecular weight is 187 g/mol. The molecule has 0 atom stereocenters. The molecule has 13 heavy (non-hydrogen) atoms. The zero-order valence-corrected chi connectivity index (χ0v) is 8.51. The average Bonchev–Trinajstić information content (AvgIpc) is 2.53. The Hall–Kier alpha value is -0.120. The minimum atomic E-state index is -0.410. The van der Waals surface area contributed by atoms with Crippen LogP contribution in [0.3, 0.4) is 0 Å². The van der Waals surface area contributed by atoms with Gasteiger partial charge in [-0.3, -0.25) is 0 Å². The summed E-state index contributed by atoms with van der Waals surface area (Å²) in [7, 11) is 1.71. The summed E-state index contributed by atoms with van der Waals surface area (Å²) in [6.07, 6.45) is 5.30. The Kier molecular flexibility index (Phi) is 4.70. The van der Waals surface area contributed by atoms with Crippen molar-refractivity contribution in [2.75, 3.05) is 26.8 Å². The molecular formula is C10H21NO2. The van der Waals surface area contributed by atoms with Gasteiger partial charge in [0.05, 0.1) is 5.60 Å². The second kappa shape index (κ2) is 5.58. The van der Waals surface area contributed by atoms with E-state index in [1.165, 1.54) is 12.8 Å². The van der Waals surface area contributed by atoms with E-state index < -0.39 is 5.60 Å². The van der Waals surface area contributed by atoms with Crippen LogP contribution in [0.1, 0.15) is 32.1 Å². The van der Waals surface area contributed by atoms with Gasteiger partial charge in [-0.05, 0) is 25.8 Å². The van der Waals surface area contributed by atoms with Crippen molar-refractivity contribution in [2.24, 2.45) is 0 Å². The zero-order chi connectivity index (χ0) is 9.57. The number of methoxy groups -OCH3 is 1. The molecule has 0 aromatic rings. The van der Waals surface area contributed by atoms with Gasteiger partial charge in [0.15, 0.2) is 0 Å². The lowest BCUT2D eigenvalue weighted by molar-refractivity contribution is 0.0473. The highest BCUT2D eigenvalue weighted by molar-refractivity contribution is 4.85. The molecule has 0 aliphatic heterocycles. The van der Waals surface area contributed by atoms with Gasteiger partial charge in [0.2, 0.25) is 0 Å². The fourth-order valence-corrected chi connectivity index (χ4v) is 1.87. The van der Waals surface area contributed by atoms with Crippen molar-refractivity contribution in [3.8, 4) is 0 Å². The summed E-state index contributed by atoms with van der Waals surface area (Å²) >= 11 is 0. The van der Waals surface area contributed by atoms with Gasteiger partial charge in [-0.2, -0.15) is 0 Å². The minimum absolute atomic E-state index is 0.410. The summed E-state index contributed by atoms with van der Waals surface area (Å²) in [6, 6.07) is 0. The summed E-state index contributed by atoms with van der Waals surface area (Å²) in [5.74, 6) is 0. The van der Waals surface area contributed by atoms with E-state index in [1.807, 2.05) is 0 Å². The first-order valence-corrected chi connectivity index (χ1v) is 5.19. The van der Waals surface area contributed by atoms with Crippen LogP contribution in [0, 0.1) is 0 Å². The Bertz CT molecular complexity index is 133. The molecule has 0 saturated heterocycles. The van der Waals surface area contributed by atoms with Gasteiger partial charge in [-0.15, -0.1) is 0 Å². The maximum Gasteiger partial charge on any atom is 0.0771 e. The molecule has 0 heterocycles. The molecule has 0 radical (unpaired) electrons. The van der Waals surface area contributed by atoms with Crippen LogP contribution < -0.4 is 5.32 Å². The summed E-state index contributed by atoms with van der Waals surface area (Å²) in [5.41, 5.74) is -0.410. The van der Waals surface area contributed by atoms with Crippen LogP contribution in [0.15, 0.2) is 0 Å². The monoisotopic (exact) mass is 187 g/mol. The van der Waals surface area contributed by atoms with E-state index in [0.29, 0.717) is 0 Å². The Balaban J connectivity index is 1.98. The Labute approximate surface area is 80.5 Å². The number of rotatable bonds is 6. The SMILES string of the molecule is COCCCNCC1(O)CCCC1. The van der Waals surface area contributed by atoms with Crippen molar-refractivity contribution >= 4 is 0 Å². The van der Waals surface area contributed by atoms with E-state index in [2.05, 4.69) is 5.32 Å². The maximum atomic E-state index is 9.95. The van der Waals surface area contributed by atoms with Gasteiger partial charge in [0.25, 0.3) is 0 Å². The van der Waals surface area contributed by atoms with Crippen molar-refractivity contribution in [2.45, 2.75) is 37.7 Å².